The normalized spacial score (nSPS) is 10.2. The molecule has 0 saturated carbocycles. The molecule has 1 aromatic carbocycles. The van der Waals surface area contributed by atoms with Crippen LogP contribution in [0.25, 0.3) is 0 Å². The fourth-order valence-electron chi connectivity index (χ4n) is 1.28. The van der Waals surface area contributed by atoms with Gasteiger partial charge in [0, 0.05) is 15.3 Å². The zero-order chi connectivity index (χ0) is 12.3. The minimum atomic E-state index is 0.470. The molecule has 0 aliphatic carbocycles. The van der Waals surface area contributed by atoms with Crippen LogP contribution in [0.15, 0.2) is 35.5 Å². The van der Waals surface area contributed by atoms with Crippen LogP contribution in [-0.2, 0) is 0 Å². The van der Waals surface area contributed by atoms with Crippen LogP contribution in [0.1, 0.15) is 0 Å². The zero-order valence-corrected chi connectivity index (χ0v) is 12.1. The minimum absolute atomic E-state index is 0.470. The monoisotopic (exact) mass is 358 g/mol. The van der Waals surface area contributed by atoms with Crippen LogP contribution >= 0.6 is 34.4 Å². The van der Waals surface area contributed by atoms with Crippen LogP contribution in [0, 0.1) is 3.57 Å². The number of benzene rings is 1. The van der Waals surface area contributed by atoms with Crippen molar-refractivity contribution in [3.63, 3.8) is 0 Å². The first-order valence-corrected chi connectivity index (χ1v) is 7.19. The third-order valence-corrected chi connectivity index (χ3v) is 3.29. The summed E-state index contributed by atoms with van der Waals surface area (Å²) in [5.41, 5.74) is 6.69. The van der Waals surface area contributed by atoms with Crippen molar-refractivity contribution < 1.29 is 0 Å². The first kappa shape index (κ1) is 12.4. The molecule has 1 aromatic heterocycles. The van der Waals surface area contributed by atoms with Gasteiger partial charge in [0.05, 0.1) is 0 Å². The van der Waals surface area contributed by atoms with E-state index < -0.39 is 0 Å². The Bertz CT molecular complexity index is 515. The molecule has 0 bridgehead atoms. The van der Waals surface area contributed by atoms with Gasteiger partial charge in [-0.1, -0.05) is 11.8 Å². The van der Waals surface area contributed by atoms with E-state index in [1.54, 1.807) is 6.07 Å². The minimum Gasteiger partial charge on any atom is -0.383 e. The average molecular weight is 358 g/mol. The van der Waals surface area contributed by atoms with Crippen molar-refractivity contribution in [1.29, 1.82) is 0 Å². The standard InChI is InChI=1S/C11H11IN4S/c1-17-11-15-9(13)6-10(16-11)14-8-4-2-7(12)3-5-8/h2-6H,1H3,(H3,13,14,15,16). The van der Waals surface area contributed by atoms with E-state index in [4.69, 9.17) is 5.73 Å². The first-order chi connectivity index (χ1) is 8.17. The van der Waals surface area contributed by atoms with Crippen molar-refractivity contribution in [2.24, 2.45) is 0 Å². The molecule has 0 aliphatic heterocycles. The highest BCUT2D eigenvalue weighted by Gasteiger charge is 2.02. The summed E-state index contributed by atoms with van der Waals surface area (Å²) < 4.78 is 1.19. The van der Waals surface area contributed by atoms with Gasteiger partial charge in [0.25, 0.3) is 0 Å². The summed E-state index contributed by atoms with van der Waals surface area (Å²) in [6, 6.07) is 9.78. The Labute approximate surface area is 118 Å². The van der Waals surface area contributed by atoms with Crippen LogP contribution in [0.2, 0.25) is 0 Å². The van der Waals surface area contributed by atoms with E-state index in [1.807, 2.05) is 30.5 Å². The highest BCUT2D eigenvalue weighted by molar-refractivity contribution is 14.1. The summed E-state index contributed by atoms with van der Waals surface area (Å²) in [7, 11) is 0. The summed E-state index contributed by atoms with van der Waals surface area (Å²) in [6.45, 7) is 0. The number of thioether (sulfide) groups is 1. The lowest BCUT2D eigenvalue weighted by Gasteiger charge is -2.07. The molecule has 2 rings (SSSR count). The molecule has 1 heterocycles. The lowest BCUT2D eigenvalue weighted by molar-refractivity contribution is 0.984. The fourth-order valence-corrected chi connectivity index (χ4v) is 2.03. The Morgan fingerprint density at radius 1 is 1.24 bits per heavy atom. The van der Waals surface area contributed by atoms with Gasteiger partial charge in [-0.25, -0.2) is 9.97 Å². The molecule has 0 fully saturated rings. The first-order valence-electron chi connectivity index (χ1n) is 4.88. The molecule has 0 radical (unpaired) electrons. The second kappa shape index (κ2) is 5.54. The van der Waals surface area contributed by atoms with Gasteiger partial charge in [0.15, 0.2) is 5.16 Å². The topological polar surface area (TPSA) is 63.8 Å². The molecule has 0 unspecified atom stereocenters. The summed E-state index contributed by atoms with van der Waals surface area (Å²) in [4.78, 5) is 8.43. The number of nitrogen functional groups attached to an aromatic ring is 1. The van der Waals surface area contributed by atoms with Crippen molar-refractivity contribution >= 4 is 51.7 Å². The van der Waals surface area contributed by atoms with Gasteiger partial charge in [-0.3, -0.25) is 0 Å². The van der Waals surface area contributed by atoms with Crippen LogP contribution in [0.5, 0.6) is 0 Å². The number of aromatic nitrogens is 2. The zero-order valence-electron chi connectivity index (χ0n) is 9.14. The number of rotatable bonds is 3. The summed E-state index contributed by atoms with van der Waals surface area (Å²) in [6.07, 6.45) is 1.92. The van der Waals surface area contributed by atoms with Gasteiger partial charge < -0.3 is 11.1 Å². The molecule has 0 saturated heterocycles. The molecule has 0 amide bonds. The number of nitrogens with zero attached hydrogens (tertiary/aromatic N) is 2. The molecule has 17 heavy (non-hydrogen) atoms. The fraction of sp³-hybridized carbons (Fsp3) is 0.0909. The SMILES string of the molecule is CSc1nc(N)cc(Nc2ccc(I)cc2)n1. The maximum atomic E-state index is 5.71. The summed E-state index contributed by atoms with van der Waals surface area (Å²) in [5.74, 6) is 1.18. The molecule has 6 heteroatoms. The number of anilines is 3. The van der Waals surface area contributed by atoms with Crippen LogP contribution in [0.4, 0.5) is 17.3 Å². The van der Waals surface area contributed by atoms with Crippen molar-refractivity contribution in [3.05, 3.63) is 33.9 Å². The van der Waals surface area contributed by atoms with E-state index in [0.29, 0.717) is 16.8 Å². The Kier molecular flexibility index (Phi) is 4.06. The number of nitrogens with one attached hydrogen (secondary N) is 1. The maximum absolute atomic E-state index is 5.71. The van der Waals surface area contributed by atoms with Gasteiger partial charge in [0.1, 0.15) is 11.6 Å². The third-order valence-electron chi connectivity index (χ3n) is 2.02. The molecule has 2 aromatic rings. The smallest absolute Gasteiger partial charge is 0.191 e. The van der Waals surface area contributed by atoms with E-state index in [0.717, 1.165) is 5.69 Å². The maximum Gasteiger partial charge on any atom is 0.191 e. The Hall–Kier alpha value is -1.02. The van der Waals surface area contributed by atoms with E-state index in [2.05, 4.69) is 37.9 Å². The van der Waals surface area contributed by atoms with Crippen molar-refractivity contribution in [2.45, 2.75) is 5.16 Å². The van der Waals surface area contributed by atoms with Gasteiger partial charge in [0.2, 0.25) is 0 Å². The van der Waals surface area contributed by atoms with Crippen LogP contribution in [-0.4, -0.2) is 16.2 Å². The van der Waals surface area contributed by atoms with Gasteiger partial charge in [-0.15, -0.1) is 0 Å². The molecular formula is C11H11IN4S. The Morgan fingerprint density at radius 2 is 1.94 bits per heavy atom. The van der Waals surface area contributed by atoms with Crippen molar-refractivity contribution in [1.82, 2.24) is 9.97 Å². The van der Waals surface area contributed by atoms with Crippen molar-refractivity contribution in [2.75, 3.05) is 17.3 Å². The Balaban J connectivity index is 2.23. The van der Waals surface area contributed by atoms with Gasteiger partial charge in [-0.2, -0.15) is 0 Å². The third kappa shape index (κ3) is 3.47. The molecule has 0 spiro atoms. The van der Waals surface area contributed by atoms with E-state index in [9.17, 15) is 0 Å². The quantitative estimate of drug-likeness (QED) is 0.502. The molecule has 0 aliphatic rings. The molecule has 3 N–H and O–H groups in total. The predicted molar refractivity (Wildman–Crippen MR) is 80.7 cm³/mol. The summed E-state index contributed by atoms with van der Waals surface area (Å²) >= 11 is 3.73. The molecule has 88 valence electrons. The molecule has 4 nitrogen and oxygen atoms in total. The predicted octanol–water partition coefficient (Wildman–Crippen LogP) is 3.13. The van der Waals surface area contributed by atoms with Crippen LogP contribution < -0.4 is 11.1 Å². The van der Waals surface area contributed by atoms with E-state index in [1.165, 1.54) is 15.3 Å². The number of nitrogens with two attached hydrogens (primary N) is 1. The van der Waals surface area contributed by atoms with Crippen molar-refractivity contribution in [3.8, 4) is 0 Å². The average Bonchev–Trinajstić information content (AvgIpc) is 2.31. The lowest BCUT2D eigenvalue weighted by atomic mass is 10.3. The molecular weight excluding hydrogens is 347 g/mol. The van der Waals surface area contributed by atoms with Gasteiger partial charge >= 0.3 is 0 Å². The second-order valence-corrected chi connectivity index (χ2v) is 5.32. The van der Waals surface area contributed by atoms with E-state index >= 15 is 0 Å². The largest absolute Gasteiger partial charge is 0.383 e. The lowest BCUT2D eigenvalue weighted by Crippen LogP contribution is -1.99. The Morgan fingerprint density at radius 3 is 2.59 bits per heavy atom. The van der Waals surface area contributed by atoms with Crippen LogP contribution in [0.3, 0.4) is 0 Å². The van der Waals surface area contributed by atoms with E-state index in [-0.39, 0.29) is 0 Å². The number of halogens is 1. The highest BCUT2D eigenvalue weighted by Crippen LogP contribution is 2.20. The van der Waals surface area contributed by atoms with Gasteiger partial charge in [-0.05, 0) is 53.1 Å². The number of hydrogen-bond donors (Lipinski definition) is 2. The number of hydrogen-bond acceptors (Lipinski definition) is 5. The second-order valence-electron chi connectivity index (χ2n) is 3.30. The summed E-state index contributed by atoms with van der Waals surface area (Å²) in [5, 5.41) is 3.86. The molecule has 0 atom stereocenters. The highest BCUT2D eigenvalue weighted by atomic mass is 127.